The molecule has 2 nitrogen and oxygen atoms in total. The highest BCUT2D eigenvalue weighted by Crippen LogP contribution is 2.33. The van der Waals surface area contributed by atoms with Crippen LogP contribution in [0.2, 0.25) is 0 Å². The standard InChI is InChI=1S/C12H16O2S/c1-8-5-9(2)7-10(6-8)15-12(3,4)11(13)14/h5-7H,1-4H3,(H,13,14). The van der Waals surface area contributed by atoms with Gasteiger partial charge in [0.25, 0.3) is 0 Å². The van der Waals surface area contributed by atoms with Gasteiger partial charge in [-0.2, -0.15) is 0 Å². The van der Waals surface area contributed by atoms with Crippen LogP contribution in [0.5, 0.6) is 0 Å². The van der Waals surface area contributed by atoms with Crippen LogP contribution in [0.1, 0.15) is 25.0 Å². The van der Waals surface area contributed by atoms with Crippen molar-refractivity contribution < 1.29 is 9.90 Å². The van der Waals surface area contributed by atoms with Gasteiger partial charge in [-0.25, -0.2) is 0 Å². The van der Waals surface area contributed by atoms with E-state index >= 15 is 0 Å². The fourth-order valence-corrected chi connectivity index (χ4v) is 2.50. The van der Waals surface area contributed by atoms with Gasteiger partial charge >= 0.3 is 5.97 Å². The van der Waals surface area contributed by atoms with Crippen molar-refractivity contribution >= 4 is 17.7 Å². The summed E-state index contributed by atoms with van der Waals surface area (Å²) >= 11 is 1.38. The van der Waals surface area contributed by atoms with Gasteiger partial charge in [-0.15, -0.1) is 11.8 Å². The van der Waals surface area contributed by atoms with Crippen molar-refractivity contribution in [3.63, 3.8) is 0 Å². The normalized spacial score (nSPS) is 11.5. The average molecular weight is 224 g/mol. The molecule has 0 saturated heterocycles. The van der Waals surface area contributed by atoms with Crippen LogP contribution >= 0.6 is 11.8 Å². The molecule has 0 aliphatic rings. The fourth-order valence-electron chi connectivity index (χ4n) is 1.33. The molecule has 0 aliphatic heterocycles. The molecule has 1 N–H and O–H groups in total. The minimum absolute atomic E-state index is 0.778. The summed E-state index contributed by atoms with van der Waals surface area (Å²) in [5.41, 5.74) is 2.33. The van der Waals surface area contributed by atoms with Crippen molar-refractivity contribution in [2.45, 2.75) is 37.3 Å². The summed E-state index contributed by atoms with van der Waals surface area (Å²) in [6.07, 6.45) is 0. The van der Waals surface area contributed by atoms with Gasteiger partial charge in [0.15, 0.2) is 0 Å². The molecular weight excluding hydrogens is 208 g/mol. The molecule has 0 fully saturated rings. The molecule has 1 rings (SSSR count). The Bertz CT molecular complexity index is 363. The lowest BCUT2D eigenvalue weighted by molar-refractivity contribution is -0.138. The van der Waals surface area contributed by atoms with Crippen LogP contribution < -0.4 is 0 Å². The summed E-state index contributed by atoms with van der Waals surface area (Å²) in [6.45, 7) is 7.48. The lowest BCUT2D eigenvalue weighted by Crippen LogP contribution is -2.26. The summed E-state index contributed by atoms with van der Waals surface area (Å²) in [6, 6.07) is 6.11. The third-order valence-corrected chi connectivity index (χ3v) is 3.24. The Kier molecular flexibility index (Phi) is 3.45. The number of benzene rings is 1. The summed E-state index contributed by atoms with van der Waals surface area (Å²) in [7, 11) is 0. The zero-order valence-corrected chi connectivity index (χ0v) is 10.3. The lowest BCUT2D eigenvalue weighted by Gasteiger charge is -2.18. The van der Waals surface area contributed by atoms with E-state index in [1.165, 1.54) is 22.9 Å². The van der Waals surface area contributed by atoms with Crippen LogP contribution in [0, 0.1) is 13.8 Å². The van der Waals surface area contributed by atoms with Gasteiger partial charge in [-0.1, -0.05) is 6.07 Å². The summed E-state index contributed by atoms with van der Waals surface area (Å²) in [5.74, 6) is -0.786. The van der Waals surface area contributed by atoms with Crippen molar-refractivity contribution in [3.05, 3.63) is 29.3 Å². The average Bonchev–Trinajstić information content (AvgIpc) is 1.99. The Balaban J connectivity index is 2.94. The molecule has 0 saturated carbocycles. The van der Waals surface area contributed by atoms with Gasteiger partial charge in [-0.05, 0) is 51.0 Å². The Morgan fingerprint density at radius 1 is 1.20 bits per heavy atom. The second-order valence-corrected chi connectivity index (χ2v) is 5.94. The lowest BCUT2D eigenvalue weighted by atomic mass is 10.2. The van der Waals surface area contributed by atoms with Crippen molar-refractivity contribution in [1.29, 1.82) is 0 Å². The molecule has 0 amide bonds. The van der Waals surface area contributed by atoms with Crippen molar-refractivity contribution in [3.8, 4) is 0 Å². The van der Waals surface area contributed by atoms with Gasteiger partial charge in [-0.3, -0.25) is 4.79 Å². The number of carbonyl (C=O) groups is 1. The molecular formula is C12H16O2S. The molecule has 82 valence electrons. The Morgan fingerprint density at radius 2 is 1.67 bits per heavy atom. The predicted octanol–water partition coefficient (Wildman–Crippen LogP) is 3.26. The highest BCUT2D eigenvalue weighted by atomic mass is 32.2. The minimum atomic E-state index is -0.786. The first-order valence-corrected chi connectivity index (χ1v) is 5.63. The Morgan fingerprint density at radius 3 is 2.07 bits per heavy atom. The van der Waals surface area contributed by atoms with Crippen LogP contribution in [-0.2, 0) is 4.79 Å². The van der Waals surface area contributed by atoms with Gasteiger partial charge in [0, 0.05) is 4.90 Å². The number of carboxylic acid groups (broad SMARTS) is 1. The maximum absolute atomic E-state index is 11.0. The van der Waals surface area contributed by atoms with E-state index < -0.39 is 10.7 Å². The highest BCUT2D eigenvalue weighted by molar-refractivity contribution is 8.01. The van der Waals surface area contributed by atoms with Gasteiger partial charge in [0.1, 0.15) is 4.75 Å². The van der Waals surface area contributed by atoms with E-state index in [0.29, 0.717) is 0 Å². The molecule has 1 aromatic carbocycles. The molecule has 0 spiro atoms. The van der Waals surface area contributed by atoms with E-state index in [1.807, 2.05) is 26.0 Å². The number of hydrogen-bond acceptors (Lipinski definition) is 2. The zero-order valence-electron chi connectivity index (χ0n) is 9.50. The first-order chi connectivity index (χ1) is 6.81. The number of rotatable bonds is 3. The third-order valence-electron chi connectivity index (χ3n) is 2.08. The first-order valence-electron chi connectivity index (χ1n) is 4.82. The van der Waals surface area contributed by atoms with E-state index in [0.717, 1.165) is 4.90 Å². The fraction of sp³-hybridized carbons (Fsp3) is 0.417. The molecule has 1 aromatic rings. The maximum Gasteiger partial charge on any atom is 0.319 e. The van der Waals surface area contributed by atoms with Crippen LogP contribution in [0.3, 0.4) is 0 Å². The molecule has 0 unspecified atom stereocenters. The SMILES string of the molecule is Cc1cc(C)cc(SC(C)(C)C(=O)O)c1. The number of hydrogen-bond donors (Lipinski definition) is 1. The second kappa shape index (κ2) is 4.27. The van der Waals surface area contributed by atoms with E-state index in [-0.39, 0.29) is 0 Å². The molecule has 0 aliphatic carbocycles. The monoisotopic (exact) mass is 224 g/mol. The summed E-state index contributed by atoms with van der Waals surface area (Å²) in [4.78, 5) is 12.0. The van der Waals surface area contributed by atoms with E-state index in [9.17, 15) is 4.79 Å². The third kappa shape index (κ3) is 3.27. The van der Waals surface area contributed by atoms with Gasteiger partial charge in [0.2, 0.25) is 0 Å². The van der Waals surface area contributed by atoms with Gasteiger partial charge < -0.3 is 5.11 Å². The molecule has 0 heterocycles. The second-order valence-electron chi connectivity index (χ2n) is 4.24. The molecule has 0 bridgehead atoms. The summed E-state index contributed by atoms with van der Waals surface area (Å²) in [5, 5.41) is 9.02. The molecule has 0 atom stereocenters. The molecule has 0 aromatic heterocycles. The van der Waals surface area contributed by atoms with Crippen molar-refractivity contribution in [1.82, 2.24) is 0 Å². The number of thioether (sulfide) groups is 1. The zero-order chi connectivity index (χ0) is 11.6. The number of aryl methyl sites for hydroxylation is 2. The van der Waals surface area contributed by atoms with Crippen LogP contribution in [-0.4, -0.2) is 15.8 Å². The highest BCUT2D eigenvalue weighted by Gasteiger charge is 2.28. The Hall–Kier alpha value is -0.960. The molecule has 3 heteroatoms. The van der Waals surface area contributed by atoms with Crippen LogP contribution in [0.25, 0.3) is 0 Å². The predicted molar refractivity (Wildman–Crippen MR) is 63.5 cm³/mol. The number of aliphatic carboxylic acids is 1. The van der Waals surface area contributed by atoms with Crippen molar-refractivity contribution in [2.75, 3.05) is 0 Å². The largest absolute Gasteiger partial charge is 0.480 e. The Labute approximate surface area is 94.7 Å². The van der Waals surface area contributed by atoms with E-state index in [1.54, 1.807) is 13.8 Å². The smallest absolute Gasteiger partial charge is 0.319 e. The first kappa shape index (κ1) is 12.1. The molecule has 15 heavy (non-hydrogen) atoms. The maximum atomic E-state index is 11.0. The van der Waals surface area contributed by atoms with Crippen LogP contribution in [0.15, 0.2) is 23.1 Å². The van der Waals surface area contributed by atoms with Crippen molar-refractivity contribution in [2.24, 2.45) is 0 Å². The summed E-state index contributed by atoms with van der Waals surface area (Å²) < 4.78 is -0.778. The topological polar surface area (TPSA) is 37.3 Å². The van der Waals surface area contributed by atoms with Crippen LogP contribution in [0.4, 0.5) is 0 Å². The minimum Gasteiger partial charge on any atom is -0.480 e. The van der Waals surface area contributed by atoms with E-state index in [2.05, 4.69) is 6.07 Å². The number of carboxylic acids is 1. The van der Waals surface area contributed by atoms with E-state index in [4.69, 9.17) is 5.11 Å². The van der Waals surface area contributed by atoms with Gasteiger partial charge in [0.05, 0.1) is 0 Å². The quantitative estimate of drug-likeness (QED) is 0.801. The molecule has 0 radical (unpaired) electrons.